The number of aliphatic hydroxyl groups is 1. The van der Waals surface area contributed by atoms with Crippen molar-refractivity contribution < 1.29 is 19.4 Å². The van der Waals surface area contributed by atoms with Gasteiger partial charge >= 0.3 is 0 Å². The van der Waals surface area contributed by atoms with Crippen molar-refractivity contribution in [1.29, 1.82) is 0 Å². The Labute approximate surface area is 166 Å². The summed E-state index contributed by atoms with van der Waals surface area (Å²) in [6, 6.07) is 15.2. The highest BCUT2D eigenvalue weighted by molar-refractivity contribution is 7.11. The van der Waals surface area contributed by atoms with Crippen molar-refractivity contribution >= 4 is 17.1 Å². The maximum absolute atomic E-state index is 13.1. The number of hydrogen-bond donors (Lipinski definition) is 1. The molecule has 0 saturated heterocycles. The van der Waals surface area contributed by atoms with Crippen LogP contribution in [0.25, 0.3) is 0 Å². The van der Waals surface area contributed by atoms with Gasteiger partial charge < -0.3 is 14.6 Å². The quantitative estimate of drug-likeness (QED) is 0.690. The van der Waals surface area contributed by atoms with Gasteiger partial charge in [0.1, 0.15) is 16.9 Å². The SMILES string of the molecule is O=C(Cc1ncc(C(O)c2ccccc2)s1)C1(c2ccc3c(c2)OCO3)CC1. The Morgan fingerprint density at radius 3 is 2.71 bits per heavy atom. The van der Waals surface area contributed by atoms with E-state index in [4.69, 9.17) is 9.47 Å². The molecule has 0 spiro atoms. The number of nitrogens with zero attached hydrogens (tertiary/aromatic N) is 1. The molecule has 5 nitrogen and oxygen atoms in total. The van der Waals surface area contributed by atoms with Crippen LogP contribution in [-0.2, 0) is 16.6 Å². The molecule has 2 aromatic carbocycles. The predicted octanol–water partition coefficient (Wildman–Crippen LogP) is 3.80. The summed E-state index contributed by atoms with van der Waals surface area (Å²) in [5.41, 5.74) is 1.37. The number of fused-ring (bicyclic) bond motifs is 1. The zero-order valence-electron chi connectivity index (χ0n) is 15.1. The van der Waals surface area contributed by atoms with Crippen LogP contribution in [0.3, 0.4) is 0 Å². The Balaban J connectivity index is 1.33. The van der Waals surface area contributed by atoms with E-state index in [-0.39, 0.29) is 19.0 Å². The molecule has 6 heteroatoms. The normalized spacial score (nSPS) is 17.3. The maximum Gasteiger partial charge on any atom is 0.231 e. The van der Waals surface area contributed by atoms with E-state index >= 15 is 0 Å². The van der Waals surface area contributed by atoms with Crippen LogP contribution in [0.2, 0.25) is 0 Å². The van der Waals surface area contributed by atoms with Gasteiger partial charge in [-0.05, 0) is 36.1 Å². The van der Waals surface area contributed by atoms with Crippen LogP contribution in [0.4, 0.5) is 0 Å². The van der Waals surface area contributed by atoms with E-state index in [1.54, 1.807) is 6.20 Å². The number of benzene rings is 2. The largest absolute Gasteiger partial charge is 0.454 e. The van der Waals surface area contributed by atoms with E-state index in [0.29, 0.717) is 5.75 Å². The molecular formula is C22H19NO4S. The minimum Gasteiger partial charge on any atom is -0.454 e. The first kappa shape index (κ1) is 17.4. The highest BCUT2D eigenvalue weighted by atomic mass is 32.1. The maximum atomic E-state index is 13.1. The third-order valence-electron chi connectivity index (χ3n) is 5.48. The predicted molar refractivity (Wildman–Crippen MR) is 105 cm³/mol. The number of hydrogen-bond acceptors (Lipinski definition) is 6. The van der Waals surface area contributed by atoms with Gasteiger partial charge in [0, 0.05) is 6.20 Å². The molecule has 1 atom stereocenters. The second kappa shape index (κ2) is 6.72. The van der Waals surface area contributed by atoms with Gasteiger partial charge in [-0.3, -0.25) is 4.79 Å². The summed E-state index contributed by atoms with van der Waals surface area (Å²) in [5.74, 6) is 1.60. The molecule has 1 aliphatic carbocycles. The van der Waals surface area contributed by atoms with Crippen LogP contribution < -0.4 is 9.47 Å². The van der Waals surface area contributed by atoms with Gasteiger partial charge in [0.25, 0.3) is 0 Å². The topological polar surface area (TPSA) is 68.7 Å². The molecule has 0 bridgehead atoms. The van der Waals surface area contributed by atoms with Crippen LogP contribution in [0.15, 0.2) is 54.7 Å². The molecule has 0 amide bonds. The summed E-state index contributed by atoms with van der Waals surface area (Å²) in [5, 5.41) is 11.3. The number of aromatic nitrogens is 1. The minimum atomic E-state index is -0.716. The molecule has 1 N–H and O–H groups in total. The van der Waals surface area contributed by atoms with Gasteiger partial charge in [-0.25, -0.2) is 4.98 Å². The first-order valence-electron chi connectivity index (χ1n) is 9.27. The van der Waals surface area contributed by atoms with E-state index in [0.717, 1.165) is 39.6 Å². The van der Waals surface area contributed by atoms with E-state index in [1.165, 1.54) is 11.3 Å². The summed E-state index contributed by atoms with van der Waals surface area (Å²) in [7, 11) is 0. The van der Waals surface area contributed by atoms with Gasteiger partial charge in [-0.2, -0.15) is 0 Å². The first-order valence-corrected chi connectivity index (χ1v) is 10.1. The smallest absolute Gasteiger partial charge is 0.231 e. The first-order chi connectivity index (χ1) is 13.7. The molecule has 3 aromatic rings. The summed E-state index contributed by atoms with van der Waals surface area (Å²) in [4.78, 5) is 18.2. The highest BCUT2D eigenvalue weighted by Gasteiger charge is 2.51. The lowest BCUT2D eigenvalue weighted by atomic mass is 9.89. The Morgan fingerprint density at radius 2 is 1.93 bits per heavy atom. The molecule has 1 unspecified atom stereocenters. The number of Topliss-reactive ketones (excluding diaryl/α,β-unsaturated/α-hetero) is 1. The van der Waals surface area contributed by atoms with Crippen molar-refractivity contribution in [1.82, 2.24) is 4.98 Å². The van der Waals surface area contributed by atoms with Crippen molar-refractivity contribution in [3.05, 3.63) is 75.7 Å². The Bertz CT molecular complexity index is 1030. The number of ketones is 1. The van der Waals surface area contributed by atoms with E-state index in [9.17, 15) is 9.90 Å². The van der Waals surface area contributed by atoms with E-state index in [1.807, 2.05) is 48.5 Å². The molecule has 28 heavy (non-hydrogen) atoms. The fraction of sp³-hybridized carbons (Fsp3) is 0.273. The van der Waals surface area contributed by atoms with Gasteiger partial charge in [0.15, 0.2) is 11.5 Å². The van der Waals surface area contributed by atoms with Crippen molar-refractivity contribution in [2.24, 2.45) is 0 Å². The fourth-order valence-electron chi connectivity index (χ4n) is 3.69. The fourth-order valence-corrected chi connectivity index (χ4v) is 4.62. The monoisotopic (exact) mass is 393 g/mol. The molecule has 2 aliphatic rings. The van der Waals surface area contributed by atoms with Gasteiger partial charge in [0.2, 0.25) is 6.79 Å². The number of aliphatic hydroxyl groups excluding tert-OH is 1. The summed E-state index contributed by atoms with van der Waals surface area (Å²) >= 11 is 1.40. The number of carbonyl (C=O) groups excluding carboxylic acids is 1. The molecule has 142 valence electrons. The van der Waals surface area contributed by atoms with E-state index < -0.39 is 11.5 Å². The molecule has 5 rings (SSSR count). The Hall–Kier alpha value is -2.70. The summed E-state index contributed by atoms with van der Waals surface area (Å²) in [6.45, 7) is 0.228. The lowest BCUT2D eigenvalue weighted by Crippen LogP contribution is -2.22. The lowest BCUT2D eigenvalue weighted by Gasteiger charge is -2.14. The van der Waals surface area contributed by atoms with Crippen LogP contribution in [0.1, 0.15) is 40.0 Å². The van der Waals surface area contributed by atoms with Crippen molar-refractivity contribution in [3.63, 3.8) is 0 Å². The molecule has 1 fully saturated rings. The average Bonchev–Trinajstić information content (AvgIpc) is 3.19. The van der Waals surface area contributed by atoms with Crippen LogP contribution in [0, 0.1) is 0 Å². The number of ether oxygens (including phenoxy) is 2. The number of rotatable bonds is 6. The van der Waals surface area contributed by atoms with Gasteiger partial charge in [-0.15, -0.1) is 11.3 Å². The highest BCUT2D eigenvalue weighted by Crippen LogP contribution is 2.51. The molecule has 2 heterocycles. The third kappa shape index (κ3) is 2.99. The van der Waals surface area contributed by atoms with Gasteiger partial charge in [0.05, 0.1) is 16.7 Å². The van der Waals surface area contributed by atoms with Crippen molar-refractivity contribution in [3.8, 4) is 11.5 Å². The molecular weight excluding hydrogens is 374 g/mol. The van der Waals surface area contributed by atoms with Crippen molar-refractivity contribution in [2.45, 2.75) is 30.8 Å². The zero-order valence-corrected chi connectivity index (χ0v) is 15.9. The van der Waals surface area contributed by atoms with Crippen LogP contribution in [-0.4, -0.2) is 22.7 Å². The molecule has 0 radical (unpaired) electrons. The second-order valence-corrected chi connectivity index (χ2v) is 8.37. The third-order valence-corrected chi connectivity index (χ3v) is 6.53. The van der Waals surface area contributed by atoms with Crippen LogP contribution in [0.5, 0.6) is 11.5 Å². The average molecular weight is 393 g/mol. The zero-order chi connectivity index (χ0) is 19.1. The molecule has 1 aromatic heterocycles. The lowest BCUT2D eigenvalue weighted by molar-refractivity contribution is -0.120. The number of thiazole rings is 1. The van der Waals surface area contributed by atoms with Gasteiger partial charge in [-0.1, -0.05) is 36.4 Å². The summed E-state index contributed by atoms with van der Waals surface area (Å²) in [6.07, 6.45) is 2.92. The minimum absolute atomic E-state index is 0.168. The van der Waals surface area contributed by atoms with Crippen LogP contribution >= 0.6 is 11.3 Å². The molecule has 1 saturated carbocycles. The Kier molecular flexibility index (Phi) is 4.18. The standard InChI is InChI=1S/C22H19NO4S/c24-19(22(8-9-22)15-6-7-16-17(10-15)27-13-26-16)11-20-23-12-18(28-20)21(25)14-4-2-1-3-5-14/h1-7,10,12,21,25H,8-9,11,13H2. The Morgan fingerprint density at radius 1 is 1.14 bits per heavy atom. The van der Waals surface area contributed by atoms with E-state index in [2.05, 4.69) is 4.98 Å². The number of carbonyl (C=O) groups is 1. The van der Waals surface area contributed by atoms with Crippen molar-refractivity contribution in [2.75, 3.05) is 6.79 Å². The second-order valence-electron chi connectivity index (χ2n) is 7.22. The summed E-state index contributed by atoms with van der Waals surface area (Å²) < 4.78 is 10.8. The molecule has 1 aliphatic heterocycles.